The van der Waals surface area contributed by atoms with Gasteiger partial charge in [-0.05, 0) is 98.9 Å². The number of halogens is 1. The third kappa shape index (κ3) is 9.73. The average Bonchev–Trinajstić information content (AvgIpc) is 3.32. The minimum absolute atomic E-state index is 0.0157. The molecule has 11 heteroatoms. The van der Waals surface area contributed by atoms with Crippen molar-refractivity contribution in [2.75, 3.05) is 78.0 Å². The van der Waals surface area contributed by atoms with E-state index in [4.69, 9.17) is 21.1 Å². The molecule has 3 aliphatic rings. The van der Waals surface area contributed by atoms with Crippen LogP contribution in [0.3, 0.4) is 0 Å². The smallest absolute Gasteiger partial charge is 0.150 e. The Hall–Kier alpha value is -2.60. The molecule has 5 rings (SSSR count). The quantitative estimate of drug-likeness (QED) is 0.143. The predicted molar refractivity (Wildman–Crippen MR) is 212 cm³/mol. The van der Waals surface area contributed by atoms with Crippen LogP contribution in [0.25, 0.3) is 0 Å². The van der Waals surface area contributed by atoms with Crippen LogP contribution < -0.4 is 14.4 Å². The molecule has 1 saturated carbocycles. The first-order valence-electron chi connectivity index (χ1n) is 19.1. The molecule has 52 heavy (non-hydrogen) atoms. The second-order valence-corrected chi connectivity index (χ2v) is 17.2. The van der Waals surface area contributed by atoms with E-state index in [0.29, 0.717) is 24.6 Å². The van der Waals surface area contributed by atoms with E-state index < -0.39 is 16.6 Å². The summed E-state index contributed by atoms with van der Waals surface area (Å²) in [6.07, 6.45) is 11.4. The van der Waals surface area contributed by atoms with Gasteiger partial charge in [0.1, 0.15) is 23.9 Å². The molecular weight excluding hydrogens is 696 g/mol. The van der Waals surface area contributed by atoms with Crippen LogP contribution in [0.1, 0.15) is 73.9 Å². The molecule has 9 nitrogen and oxygen atoms in total. The Labute approximate surface area is 319 Å². The highest BCUT2D eigenvalue weighted by atomic mass is 35.5. The number of hydrogen-bond acceptors (Lipinski definition) is 8. The van der Waals surface area contributed by atoms with Crippen LogP contribution >= 0.6 is 11.6 Å². The number of carbonyl (C=O) groups is 2. The zero-order valence-electron chi connectivity index (χ0n) is 31.7. The van der Waals surface area contributed by atoms with Crippen LogP contribution in [0.4, 0.5) is 5.69 Å². The summed E-state index contributed by atoms with van der Waals surface area (Å²) in [5.74, 6) is 1.79. The highest BCUT2D eigenvalue weighted by molar-refractivity contribution is 7.83. The van der Waals surface area contributed by atoms with Gasteiger partial charge >= 0.3 is 0 Å². The maximum absolute atomic E-state index is 12.5. The molecule has 2 heterocycles. The molecule has 1 saturated heterocycles. The lowest BCUT2D eigenvalue weighted by Gasteiger charge is -2.52. The number of rotatable bonds is 18. The highest BCUT2D eigenvalue weighted by Gasteiger charge is 2.48. The summed E-state index contributed by atoms with van der Waals surface area (Å²) < 4.78 is 28.6. The first kappa shape index (κ1) is 40.6. The Morgan fingerprint density at radius 3 is 2.52 bits per heavy atom. The number of nitrogens with zero attached hydrogens (tertiary/aromatic N) is 3. The van der Waals surface area contributed by atoms with E-state index >= 15 is 0 Å². The van der Waals surface area contributed by atoms with Crippen LogP contribution in [-0.2, 0) is 26.9 Å². The topological polar surface area (TPSA) is 91.4 Å². The van der Waals surface area contributed by atoms with Gasteiger partial charge in [0.05, 0.1) is 29.8 Å². The summed E-state index contributed by atoms with van der Waals surface area (Å²) in [5, 5.41) is 0.769. The zero-order chi connectivity index (χ0) is 37.3. The number of carbonyl (C=O) groups excluding carboxylic acids is 2. The maximum atomic E-state index is 12.5. The molecule has 1 N–H and O–H groups in total. The van der Waals surface area contributed by atoms with Crippen molar-refractivity contribution in [3.8, 4) is 5.75 Å². The number of anilines is 1. The number of methoxy groups -OCH3 is 1. The molecule has 0 aromatic heterocycles. The van der Waals surface area contributed by atoms with Crippen LogP contribution in [0.15, 0.2) is 48.6 Å². The van der Waals surface area contributed by atoms with Gasteiger partial charge in [-0.2, -0.15) is 0 Å². The van der Waals surface area contributed by atoms with Gasteiger partial charge in [-0.15, -0.1) is 0 Å². The van der Waals surface area contributed by atoms with Crippen molar-refractivity contribution >= 4 is 40.8 Å². The molecule has 0 bridgehead atoms. The number of benzene rings is 2. The van der Waals surface area contributed by atoms with Gasteiger partial charge in [0, 0.05) is 74.7 Å². The summed E-state index contributed by atoms with van der Waals surface area (Å²) in [6.45, 7) is 13.2. The molecule has 1 aliphatic carbocycles. The van der Waals surface area contributed by atoms with E-state index in [2.05, 4.69) is 57.6 Å². The van der Waals surface area contributed by atoms with E-state index in [9.17, 15) is 13.8 Å². The van der Waals surface area contributed by atoms with Gasteiger partial charge in [0.15, 0.2) is 0 Å². The average molecular weight is 755 g/mol. The standard InChI is InChI=1S/C41H59ClN4O5S/c1-6-8-33-24-36(42)12-13-37(33)35-26-46(39-23-32(27-48)10-15-40(39)51-28-35)25-34-11-14-38(34)41(50-5,16-7-9-30(2)31(3)52(49)43-4)29-45-19-17-44(18-20-45)21-22-47/h7,10,12-13,15-16,22-24,27,30-31,34-35,38,43H,6,8-9,11,14,17-21,25-26,28-29H2,1-5H3/b16-7+. The number of aldehydes is 2. The van der Waals surface area contributed by atoms with E-state index in [0.717, 1.165) is 107 Å². The third-order valence-electron chi connectivity index (χ3n) is 11.8. The fourth-order valence-electron chi connectivity index (χ4n) is 8.35. The lowest BCUT2D eigenvalue weighted by atomic mass is 9.63. The summed E-state index contributed by atoms with van der Waals surface area (Å²) in [5.41, 5.74) is 3.63. The Morgan fingerprint density at radius 1 is 1.10 bits per heavy atom. The van der Waals surface area contributed by atoms with Crippen LogP contribution in [0, 0.1) is 17.8 Å². The van der Waals surface area contributed by atoms with Crippen LogP contribution in [0.5, 0.6) is 5.75 Å². The fourth-order valence-corrected chi connectivity index (χ4v) is 9.45. The molecule has 0 spiro atoms. The summed E-state index contributed by atoms with van der Waals surface area (Å²) >= 11 is 6.48. The second kappa shape index (κ2) is 19.1. The molecule has 2 aromatic rings. The molecule has 2 aliphatic heterocycles. The van der Waals surface area contributed by atoms with Gasteiger partial charge in [0.2, 0.25) is 0 Å². The Morgan fingerprint density at radius 2 is 1.87 bits per heavy atom. The Kier molecular flexibility index (Phi) is 14.9. The number of aryl methyl sites for hydroxylation is 1. The first-order valence-corrected chi connectivity index (χ1v) is 20.7. The van der Waals surface area contributed by atoms with Crippen molar-refractivity contribution in [1.29, 1.82) is 0 Å². The third-order valence-corrected chi connectivity index (χ3v) is 13.6. The van der Waals surface area contributed by atoms with E-state index in [1.807, 2.05) is 38.3 Å². The second-order valence-electron chi connectivity index (χ2n) is 15.0. The van der Waals surface area contributed by atoms with Gasteiger partial charge in [0.25, 0.3) is 0 Å². The van der Waals surface area contributed by atoms with Crippen molar-refractivity contribution in [1.82, 2.24) is 14.5 Å². The minimum Gasteiger partial charge on any atom is -0.491 e. The zero-order valence-corrected chi connectivity index (χ0v) is 33.3. The van der Waals surface area contributed by atoms with Crippen molar-refractivity contribution in [3.05, 3.63) is 70.3 Å². The fraction of sp³-hybridized carbons (Fsp3) is 0.610. The highest BCUT2D eigenvalue weighted by Crippen LogP contribution is 2.47. The molecule has 2 aromatic carbocycles. The number of nitrogens with one attached hydrogen (secondary N) is 1. The molecule has 7 unspecified atom stereocenters. The molecule has 0 radical (unpaired) electrons. The van der Waals surface area contributed by atoms with E-state index in [-0.39, 0.29) is 23.0 Å². The summed E-state index contributed by atoms with van der Waals surface area (Å²) in [7, 11) is 2.50. The van der Waals surface area contributed by atoms with Crippen molar-refractivity contribution in [2.24, 2.45) is 17.8 Å². The maximum Gasteiger partial charge on any atom is 0.150 e. The van der Waals surface area contributed by atoms with Gasteiger partial charge in [-0.1, -0.05) is 50.1 Å². The number of hydrogen-bond donors (Lipinski definition) is 1. The molecule has 0 amide bonds. The Balaban J connectivity index is 1.44. The predicted octanol–water partition coefficient (Wildman–Crippen LogP) is 6.17. The molecular formula is C41H59ClN4O5S. The van der Waals surface area contributed by atoms with E-state index in [1.165, 1.54) is 11.1 Å². The van der Waals surface area contributed by atoms with Crippen molar-refractivity contribution < 1.29 is 23.3 Å². The number of allylic oxidation sites excluding steroid dienone is 1. The van der Waals surface area contributed by atoms with Crippen molar-refractivity contribution in [3.63, 3.8) is 0 Å². The molecule has 7 atom stereocenters. The number of piperazine rings is 1. The lowest BCUT2D eigenvalue weighted by Crippen LogP contribution is -2.58. The van der Waals surface area contributed by atoms with E-state index in [1.54, 1.807) is 7.05 Å². The van der Waals surface area contributed by atoms with Gasteiger partial charge < -0.3 is 19.2 Å². The van der Waals surface area contributed by atoms with Crippen molar-refractivity contribution in [2.45, 2.75) is 69.6 Å². The van der Waals surface area contributed by atoms with Gasteiger partial charge in [-0.3, -0.25) is 14.6 Å². The minimum atomic E-state index is -1.09. The lowest BCUT2D eigenvalue weighted by molar-refractivity contribution is -0.110. The van der Waals surface area contributed by atoms with Crippen LogP contribution in [0.2, 0.25) is 5.02 Å². The monoisotopic (exact) mass is 754 g/mol. The largest absolute Gasteiger partial charge is 0.491 e. The SMILES string of the molecule is CCCc1cc(Cl)ccc1C1COc2ccc(C=O)cc2N(CC2CCC2C(/C=C/CC(C)C(C)S(=O)NC)(CN2CCN(CC=O)CC2)OC)C1. The summed E-state index contributed by atoms with van der Waals surface area (Å²) in [6, 6.07) is 12.0. The van der Waals surface area contributed by atoms with Gasteiger partial charge in [-0.25, -0.2) is 8.93 Å². The molecule has 286 valence electrons. The Bertz CT molecular complexity index is 1550. The molecule has 2 fully saturated rings. The summed E-state index contributed by atoms with van der Waals surface area (Å²) in [4.78, 5) is 30.3. The number of fused-ring (bicyclic) bond motifs is 1. The van der Waals surface area contributed by atoms with Crippen LogP contribution in [-0.4, -0.2) is 111 Å². The normalized spacial score (nSPS) is 24.2. The number of ether oxygens (including phenoxy) is 2. The first-order chi connectivity index (χ1) is 25.1.